The molecule has 1 fully saturated rings. The number of anilines is 2. The molecule has 0 spiro atoms. The minimum Gasteiger partial charge on any atom is -0.335 e. The Hall–Kier alpha value is -3.96. The average Bonchev–Trinajstić information content (AvgIpc) is 3.31. The van der Waals surface area contributed by atoms with Crippen molar-refractivity contribution in [3.8, 4) is 0 Å². The summed E-state index contributed by atoms with van der Waals surface area (Å²) in [6, 6.07) is 14.4. The standard InChI is InChI=1S/C25H23ClN6O4S/c1-17(31-11-9-18-2-3-19(26)14-22(18)31)25(34)30-12-13-32(24(33)15-30)20-4-6-21(7-5-20)37(35,36)29-23-8-10-27-16-28-23/h2-11,14,16-17H,12-13,15H2,1H3,(H,27,28,29)/t17-/m0/s1. The topological polar surface area (TPSA) is 118 Å². The molecule has 0 radical (unpaired) electrons. The fourth-order valence-corrected chi connectivity index (χ4v) is 5.51. The zero-order valence-corrected chi connectivity index (χ0v) is 21.4. The van der Waals surface area contributed by atoms with Gasteiger partial charge >= 0.3 is 0 Å². The third-order valence-electron chi connectivity index (χ3n) is 6.27. The zero-order chi connectivity index (χ0) is 26.2. The normalized spacial score (nSPS) is 15.1. The maximum Gasteiger partial charge on any atom is 0.263 e. The summed E-state index contributed by atoms with van der Waals surface area (Å²) in [5, 5.41) is 1.56. The molecule has 1 aliphatic heterocycles. The van der Waals surface area contributed by atoms with Crippen LogP contribution >= 0.6 is 11.6 Å². The quantitative estimate of drug-likeness (QED) is 0.402. The van der Waals surface area contributed by atoms with Crippen molar-refractivity contribution in [1.82, 2.24) is 19.4 Å². The highest BCUT2D eigenvalue weighted by atomic mass is 35.5. The van der Waals surface area contributed by atoms with E-state index in [1.54, 1.807) is 34.9 Å². The number of nitrogens with zero attached hydrogens (tertiary/aromatic N) is 5. The molecule has 0 unspecified atom stereocenters. The highest BCUT2D eigenvalue weighted by Crippen LogP contribution is 2.26. The van der Waals surface area contributed by atoms with Gasteiger partial charge in [0.25, 0.3) is 10.0 Å². The molecule has 2 amide bonds. The number of rotatable bonds is 6. The lowest BCUT2D eigenvalue weighted by atomic mass is 10.2. The van der Waals surface area contributed by atoms with Gasteiger partial charge in [0.15, 0.2) is 0 Å². The molecule has 1 saturated heterocycles. The molecule has 1 aliphatic rings. The molecule has 0 saturated carbocycles. The first kappa shape index (κ1) is 24.7. The Balaban J connectivity index is 1.26. The highest BCUT2D eigenvalue weighted by Gasteiger charge is 2.31. The van der Waals surface area contributed by atoms with Crippen LogP contribution in [0.25, 0.3) is 10.9 Å². The summed E-state index contributed by atoms with van der Waals surface area (Å²) in [4.78, 5) is 36.9. The van der Waals surface area contributed by atoms with E-state index in [1.165, 1.54) is 30.7 Å². The maximum atomic E-state index is 13.2. The monoisotopic (exact) mass is 538 g/mol. The Morgan fingerprint density at radius 3 is 2.57 bits per heavy atom. The predicted octanol–water partition coefficient (Wildman–Crippen LogP) is 3.32. The molecule has 10 nitrogen and oxygen atoms in total. The van der Waals surface area contributed by atoms with Crippen molar-refractivity contribution in [1.29, 1.82) is 0 Å². The molecule has 5 rings (SSSR count). The number of hydrogen-bond acceptors (Lipinski definition) is 6. The summed E-state index contributed by atoms with van der Waals surface area (Å²) >= 11 is 6.14. The van der Waals surface area contributed by atoms with Gasteiger partial charge in [-0.15, -0.1) is 0 Å². The first-order valence-corrected chi connectivity index (χ1v) is 13.3. The number of benzene rings is 2. The van der Waals surface area contributed by atoms with Crippen LogP contribution in [-0.2, 0) is 19.6 Å². The summed E-state index contributed by atoms with van der Waals surface area (Å²) < 4.78 is 29.5. The fraction of sp³-hybridized carbons (Fsp3) is 0.200. The minimum atomic E-state index is -3.85. The molecular formula is C25H23ClN6O4S. The van der Waals surface area contributed by atoms with Crippen molar-refractivity contribution < 1.29 is 18.0 Å². The van der Waals surface area contributed by atoms with Crippen LogP contribution in [0.5, 0.6) is 0 Å². The van der Waals surface area contributed by atoms with E-state index in [2.05, 4.69) is 14.7 Å². The van der Waals surface area contributed by atoms with Crippen LogP contribution in [0.1, 0.15) is 13.0 Å². The first-order chi connectivity index (χ1) is 17.7. The number of halogens is 1. The molecular weight excluding hydrogens is 516 g/mol. The van der Waals surface area contributed by atoms with Crippen LogP contribution < -0.4 is 9.62 Å². The number of piperazine rings is 1. The highest BCUT2D eigenvalue weighted by molar-refractivity contribution is 7.92. The van der Waals surface area contributed by atoms with E-state index in [1.807, 2.05) is 29.0 Å². The van der Waals surface area contributed by atoms with Crippen LogP contribution in [0.4, 0.5) is 11.5 Å². The molecule has 0 aliphatic carbocycles. The lowest BCUT2D eigenvalue weighted by Gasteiger charge is -2.35. The Bertz CT molecular complexity index is 1570. The van der Waals surface area contributed by atoms with Crippen LogP contribution in [0.3, 0.4) is 0 Å². The third-order valence-corrected chi connectivity index (χ3v) is 7.88. The first-order valence-electron chi connectivity index (χ1n) is 11.5. The van der Waals surface area contributed by atoms with Crippen LogP contribution in [0.2, 0.25) is 5.02 Å². The number of nitrogens with one attached hydrogen (secondary N) is 1. The number of amides is 2. The molecule has 37 heavy (non-hydrogen) atoms. The molecule has 0 bridgehead atoms. The lowest BCUT2D eigenvalue weighted by Crippen LogP contribution is -2.53. The van der Waals surface area contributed by atoms with Crippen molar-refractivity contribution >= 4 is 55.8 Å². The number of aromatic nitrogens is 3. The second-order valence-corrected chi connectivity index (χ2v) is 10.7. The third kappa shape index (κ3) is 5.00. The van der Waals surface area contributed by atoms with Gasteiger partial charge in [-0.1, -0.05) is 17.7 Å². The predicted molar refractivity (Wildman–Crippen MR) is 140 cm³/mol. The Kier molecular flexibility index (Phi) is 6.57. The van der Waals surface area contributed by atoms with Gasteiger partial charge < -0.3 is 14.4 Å². The van der Waals surface area contributed by atoms with E-state index in [4.69, 9.17) is 11.6 Å². The lowest BCUT2D eigenvalue weighted by molar-refractivity contribution is -0.139. The number of carbonyl (C=O) groups is 2. The summed E-state index contributed by atoms with van der Waals surface area (Å²) in [6.45, 7) is 2.37. The molecule has 4 aromatic rings. The molecule has 1 atom stereocenters. The van der Waals surface area contributed by atoms with Gasteiger partial charge in [-0.05, 0) is 60.8 Å². The second kappa shape index (κ2) is 9.83. The Labute approximate surface area is 218 Å². The summed E-state index contributed by atoms with van der Waals surface area (Å²) in [6.07, 6.45) is 4.52. The van der Waals surface area contributed by atoms with E-state index in [-0.39, 0.29) is 29.1 Å². The molecule has 2 aromatic carbocycles. The number of sulfonamides is 1. The van der Waals surface area contributed by atoms with Gasteiger partial charge in [-0.2, -0.15) is 0 Å². The molecule has 3 heterocycles. The minimum absolute atomic E-state index is 0.0315. The van der Waals surface area contributed by atoms with Gasteiger partial charge in [-0.3, -0.25) is 14.3 Å². The van der Waals surface area contributed by atoms with Crippen molar-refractivity contribution in [2.45, 2.75) is 17.9 Å². The number of hydrogen-bond donors (Lipinski definition) is 1. The Morgan fingerprint density at radius 1 is 1.08 bits per heavy atom. The van der Waals surface area contributed by atoms with E-state index >= 15 is 0 Å². The fourth-order valence-electron chi connectivity index (χ4n) is 4.33. The molecule has 190 valence electrons. The second-order valence-electron chi connectivity index (χ2n) is 8.60. The van der Waals surface area contributed by atoms with Crippen LogP contribution in [0.15, 0.2) is 78.2 Å². The van der Waals surface area contributed by atoms with Crippen molar-refractivity contribution in [2.24, 2.45) is 0 Å². The van der Waals surface area contributed by atoms with E-state index in [9.17, 15) is 18.0 Å². The van der Waals surface area contributed by atoms with Gasteiger partial charge in [-0.25, -0.2) is 18.4 Å². The molecule has 12 heteroatoms. The average molecular weight is 539 g/mol. The van der Waals surface area contributed by atoms with E-state index < -0.39 is 16.1 Å². The van der Waals surface area contributed by atoms with Crippen LogP contribution in [0, 0.1) is 0 Å². The summed E-state index contributed by atoms with van der Waals surface area (Å²) in [5.41, 5.74) is 1.40. The summed E-state index contributed by atoms with van der Waals surface area (Å²) in [7, 11) is -3.85. The van der Waals surface area contributed by atoms with Gasteiger partial charge in [0, 0.05) is 36.2 Å². The van der Waals surface area contributed by atoms with E-state index in [0.717, 1.165) is 10.9 Å². The van der Waals surface area contributed by atoms with Crippen molar-refractivity contribution in [2.75, 3.05) is 29.3 Å². The largest absolute Gasteiger partial charge is 0.335 e. The molecule has 2 aromatic heterocycles. The smallest absolute Gasteiger partial charge is 0.263 e. The zero-order valence-electron chi connectivity index (χ0n) is 19.8. The number of fused-ring (bicyclic) bond motifs is 1. The number of carbonyl (C=O) groups excluding carboxylic acids is 2. The summed E-state index contributed by atoms with van der Waals surface area (Å²) in [5.74, 6) is -0.259. The van der Waals surface area contributed by atoms with Gasteiger partial charge in [0.2, 0.25) is 11.8 Å². The molecule has 1 N–H and O–H groups in total. The van der Waals surface area contributed by atoms with Crippen molar-refractivity contribution in [3.05, 3.63) is 78.3 Å². The van der Waals surface area contributed by atoms with Crippen LogP contribution in [-0.4, -0.2) is 59.3 Å². The van der Waals surface area contributed by atoms with Gasteiger partial charge in [0.1, 0.15) is 24.7 Å². The van der Waals surface area contributed by atoms with E-state index in [0.29, 0.717) is 23.8 Å². The van der Waals surface area contributed by atoms with Gasteiger partial charge in [0.05, 0.1) is 10.4 Å². The Morgan fingerprint density at radius 2 is 1.86 bits per heavy atom. The maximum absolute atomic E-state index is 13.2. The van der Waals surface area contributed by atoms with Crippen molar-refractivity contribution in [3.63, 3.8) is 0 Å². The SMILES string of the molecule is C[C@@H](C(=O)N1CCN(c2ccc(S(=O)(=O)Nc3ccncn3)cc2)C(=O)C1)n1ccc2ccc(Cl)cc21.